The van der Waals surface area contributed by atoms with E-state index in [0.29, 0.717) is 11.6 Å². The lowest BCUT2D eigenvalue weighted by molar-refractivity contribution is -0.134. The molecular formula is C9H18O4Si. The SMILES string of the molecule is C=C(C)C(=O)O[Si](CCC)(OC)OC. The minimum Gasteiger partial charge on any atom is -0.470 e. The Morgan fingerprint density at radius 2 is 1.86 bits per heavy atom. The molecule has 0 fully saturated rings. The summed E-state index contributed by atoms with van der Waals surface area (Å²) in [6, 6.07) is 0.624. The van der Waals surface area contributed by atoms with Crippen molar-refractivity contribution in [2.45, 2.75) is 26.3 Å². The minimum absolute atomic E-state index is 0.354. The molecule has 0 aliphatic heterocycles. The van der Waals surface area contributed by atoms with Gasteiger partial charge in [-0.2, -0.15) is 0 Å². The molecule has 0 aromatic heterocycles. The van der Waals surface area contributed by atoms with E-state index in [9.17, 15) is 4.79 Å². The molecule has 82 valence electrons. The van der Waals surface area contributed by atoms with Crippen LogP contribution in [0.5, 0.6) is 0 Å². The Kier molecular flexibility index (Phi) is 5.67. The zero-order chi connectivity index (χ0) is 11.2. The van der Waals surface area contributed by atoms with Gasteiger partial charge in [0.15, 0.2) is 0 Å². The van der Waals surface area contributed by atoms with Crippen LogP contribution in [0.4, 0.5) is 0 Å². The third-order valence-corrected chi connectivity index (χ3v) is 4.63. The highest BCUT2D eigenvalue weighted by Gasteiger charge is 2.42. The third-order valence-electron chi connectivity index (χ3n) is 1.77. The number of carbonyl (C=O) groups is 1. The fourth-order valence-corrected chi connectivity index (χ4v) is 2.87. The first-order chi connectivity index (χ1) is 6.51. The predicted octanol–water partition coefficient (Wildman–Crippen LogP) is 1.75. The predicted molar refractivity (Wildman–Crippen MR) is 55.8 cm³/mol. The minimum atomic E-state index is -2.78. The first-order valence-corrected chi connectivity index (χ1v) is 6.43. The Bertz CT molecular complexity index is 211. The van der Waals surface area contributed by atoms with Crippen LogP contribution in [0.1, 0.15) is 20.3 Å². The molecule has 0 bridgehead atoms. The van der Waals surface area contributed by atoms with Gasteiger partial charge in [-0.25, -0.2) is 4.79 Å². The van der Waals surface area contributed by atoms with E-state index in [1.54, 1.807) is 6.92 Å². The smallest absolute Gasteiger partial charge is 0.470 e. The van der Waals surface area contributed by atoms with Crippen molar-refractivity contribution in [3.8, 4) is 0 Å². The summed E-state index contributed by atoms with van der Waals surface area (Å²) in [4.78, 5) is 11.3. The van der Waals surface area contributed by atoms with Crippen molar-refractivity contribution in [3.05, 3.63) is 12.2 Å². The van der Waals surface area contributed by atoms with E-state index in [0.717, 1.165) is 6.42 Å². The van der Waals surface area contributed by atoms with Crippen molar-refractivity contribution in [2.75, 3.05) is 14.2 Å². The van der Waals surface area contributed by atoms with Crippen LogP contribution in [0, 0.1) is 0 Å². The van der Waals surface area contributed by atoms with Gasteiger partial charge in [0.1, 0.15) is 0 Å². The van der Waals surface area contributed by atoms with E-state index < -0.39 is 14.8 Å². The van der Waals surface area contributed by atoms with Crippen LogP contribution in [0.25, 0.3) is 0 Å². The molecule has 4 nitrogen and oxygen atoms in total. The summed E-state index contributed by atoms with van der Waals surface area (Å²) in [6.07, 6.45) is 0.845. The molecule has 5 heteroatoms. The van der Waals surface area contributed by atoms with Crippen LogP contribution in [0.15, 0.2) is 12.2 Å². The van der Waals surface area contributed by atoms with Gasteiger partial charge in [0.2, 0.25) is 0 Å². The second kappa shape index (κ2) is 5.95. The Morgan fingerprint density at radius 1 is 1.36 bits per heavy atom. The Morgan fingerprint density at radius 3 is 2.14 bits per heavy atom. The molecule has 0 radical (unpaired) electrons. The molecule has 0 saturated heterocycles. The molecule has 0 atom stereocenters. The van der Waals surface area contributed by atoms with Gasteiger partial charge >= 0.3 is 14.8 Å². The fraction of sp³-hybridized carbons (Fsp3) is 0.667. The van der Waals surface area contributed by atoms with Crippen molar-refractivity contribution in [1.29, 1.82) is 0 Å². The maximum Gasteiger partial charge on any atom is 0.567 e. The number of carbonyl (C=O) groups excluding carboxylic acids is 1. The molecule has 0 aliphatic rings. The number of hydrogen-bond acceptors (Lipinski definition) is 4. The van der Waals surface area contributed by atoms with Crippen molar-refractivity contribution in [2.24, 2.45) is 0 Å². The Hall–Kier alpha value is -0.653. The molecule has 0 saturated carbocycles. The summed E-state index contributed by atoms with van der Waals surface area (Å²) in [7, 11) is 0.215. The normalized spacial score (nSPS) is 11.1. The van der Waals surface area contributed by atoms with Crippen LogP contribution >= 0.6 is 0 Å². The molecule has 0 aromatic carbocycles. The van der Waals surface area contributed by atoms with Gasteiger partial charge in [-0.05, 0) is 6.92 Å². The number of hydrogen-bond donors (Lipinski definition) is 0. The van der Waals surface area contributed by atoms with Crippen molar-refractivity contribution in [3.63, 3.8) is 0 Å². The van der Waals surface area contributed by atoms with Crippen molar-refractivity contribution >= 4 is 14.8 Å². The van der Waals surface area contributed by atoms with Crippen molar-refractivity contribution < 1.29 is 18.1 Å². The quantitative estimate of drug-likeness (QED) is 0.503. The van der Waals surface area contributed by atoms with Crippen LogP contribution < -0.4 is 0 Å². The van der Waals surface area contributed by atoms with Gasteiger partial charge in [-0.1, -0.05) is 19.9 Å². The molecule has 0 unspecified atom stereocenters. The largest absolute Gasteiger partial charge is 0.567 e. The highest BCUT2D eigenvalue weighted by atomic mass is 28.4. The lowest BCUT2D eigenvalue weighted by Crippen LogP contribution is -2.45. The fourth-order valence-electron chi connectivity index (χ4n) is 0.956. The van der Waals surface area contributed by atoms with Crippen LogP contribution in [0.3, 0.4) is 0 Å². The summed E-state index contributed by atoms with van der Waals surface area (Å²) in [6.45, 7) is 7.08. The van der Waals surface area contributed by atoms with Gasteiger partial charge in [0, 0.05) is 25.8 Å². The molecule has 0 amide bonds. The highest BCUT2D eigenvalue weighted by molar-refractivity contribution is 6.62. The lowest BCUT2D eigenvalue weighted by Gasteiger charge is -2.25. The summed E-state index contributed by atoms with van der Waals surface area (Å²) in [5.41, 5.74) is 0.354. The maximum absolute atomic E-state index is 11.3. The Balaban J connectivity index is 4.49. The molecule has 0 rings (SSSR count). The van der Waals surface area contributed by atoms with E-state index in [1.165, 1.54) is 14.2 Å². The van der Waals surface area contributed by atoms with E-state index in [-0.39, 0.29) is 0 Å². The molecule has 0 spiro atoms. The zero-order valence-corrected chi connectivity index (χ0v) is 10.3. The Labute approximate surface area is 86.2 Å². The first kappa shape index (κ1) is 13.3. The molecule has 0 N–H and O–H groups in total. The summed E-state index contributed by atoms with van der Waals surface area (Å²) >= 11 is 0. The van der Waals surface area contributed by atoms with Gasteiger partial charge in [0.25, 0.3) is 0 Å². The van der Waals surface area contributed by atoms with Gasteiger partial charge in [-0.15, -0.1) is 0 Å². The van der Waals surface area contributed by atoms with Crippen LogP contribution in [0.2, 0.25) is 6.04 Å². The second-order valence-corrected chi connectivity index (χ2v) is 5.90. The van der Waals surface area contributed by atoms with E-state index in [2.05, 4.69) is 6.58 Å². The van der Waals surface area contributed by atoms with Gasteiger partial charge in [-0.3, -0.25) is 0 Å². The highest BCUT2D eigenvalue weighted by Crippen LogP contribution is 2.17. The average Bonchev–Trinajstić information content (AvgIpc) is 2.16. The molecule has 0 aromatic rings. The standard InChI is InChI=1S/C9H18O4Si/c1-6-7-14(11-4,12-5)13-9(10)8(2)3/h2,6-7H2,1,3-5H3. The molecule has 14 heavy (non-hydrogen) atoms. The topological polar surface area (TPSA) is 44.8 Å². The zero-order valence-electron chi connectivity index (χ0n) is 9.25. The van der Waals surface area contributed by atoms with Gasteiger partial charge in [0.05, 0.1) is 0 Å². The maximum atomic E-state index is 11.3. The van der Waals surface area contributed by atoms with E-state index >= 15 is 0 Å². The van der Waals surface area contributed by atoms with Crippen molar-refractivity contribution in [1.82, 2.24) is 0 Å². The van der Waals surface area contributed by atoms with E-state index in [4.69, 9.17) is 13.3 Å². The first-order valence-electron chi connectivity index (χ1n) is 4.50. The summed E-state index contributed by atoms with van der Waals surface area (Å²) in [5.74, 6) is -0.450. The summed E-state index contributed by atoms with van der Waals surface area (Å²) < 4.78 is 15.6. The average molecular weight is 218 g/mol. The van der Waals surface area contributed by atoms with Crippen LogP contribution in [-0.2, 0) is 18.1 Å². The molecule has 0 heterocycles. The molecular weight excluding hydrogens is 200 g/mol. The molecule has 0 aliphatic carbocycles. The third kappa shape index (κ3) is 3.61. The van der Waals surface area contributed by atoms with E-state index in [1.807, 2.05) is 6.92 Å². The number of rotatable bonds is 6. The van der Waals surface area contributed by atoms with Gasteiger partial charge < -0.3 is 13.3 Å². The van der Waals surface area contributed by atoms with Crippen LogP contribution in [-0.4, -0.2) is 29.0 Å². The lowest BCUT2D eigenvalue weighted by atomic mass is 10.4. The summed E-state index contributed by atoms with van der Waals surface area (Å²) in [5, 5.41) is 0. The second-order valence-electron chi connectivity index (χ2n) is 3.01. The monoisotopic (exact) mass is 218 g/mol.